The first-order chi connectivity index (χ1) is 13.4. The fourth-order valence-corrected chi connectivity index (χ4v) is 4.65. The molecule has 0 spiro atoms. The molecule has 2 atom stereocenters. The Morgan fingerprint density at radius 3 is 2.68 bits per heavy atom. The zero-order valence-electron chi connectivity index (χ0n) is 16.9. The van der Waals surface area contributed by atoms with Crippen LogP contribution < -0.4 is 5.69 Å². The van der Waals surface area contributed by atoms with Crippen LogP contribution in [0.2, 0.25) is 0 Å². The van der Waals surface area contributed by atoms with Gasteiger partial charge in [0, 0.05) is 44.6 Å². The van der Waals surface area contributed by atoms with Crippen molar-refractivity contribution in [3.05, 3.63) is 33.3 Å². The molecule has 0 unspecified atom stereocenters. The number of piperidine rings is 1. The Labute approximate surface area is 163 Å². The summed E-state index contributed by atoms with van der Waals surface area (Å²) in [5.74, 6) is 0.982. The number of aryl methyl sites for hydroxylation is 1. The molecule has 2 aromatic rings. The van der Waals surface area contributed by atoms with Crippen LogP contribution in [0.15, 0.2) is 4.79 Å². The second-order valence-corrected chi connectivity index (χ2v) is 7.83. The predicted molar refractivity (Wildman–Crippen MR) is 102 cm³/mol. The molecular weight excluding hydrogens is 360 g/mol. The minimum Gasteiger partial charge on any atom is -0.369 e. The number of aromatic nitrogens is 5. The van der Waals surface area contributed by atoms with Gasteiger partial charge in [0.1, 0.15) is 5.82 Å². The van der Waals surface area contributed by atoms with Crippen LogP contribution in [0.5, 0.6) is 0 Å². The lowest BCUT2D eigenvalue weighted by atomic mass is 9.94. The van der Waals surface area contributed by atoms with Crippen molar-refractivity contribution in [2.45, 2.75) is 64.7 Å². The molecular formula is C19H28N6O3. The Morgan fingerprint density at radius 2 is 2.00 bits per heavy atom. The highest BCUT2D eigenvalue weighted by Gasteiger charge is 2.34. The molecule has 9 heteroatoms. The highest BCUT2D eigenvalue weighted by molar-refractivity contribution is 5.94. The lowest BCUT2D eigenvalue weighted by Gasteiger charge is -2.32. The number of aromatic amines is 1. The van der Waals surface area contributed by atoms with E-state index in [-0.39, 0.29) is 29.7 Å². The number of carbonyl (C=O) groups excluding carboxylic acids is 1. The summed E-state index contributed by atoms with van der Waals surface area (Å²) in [6.07, 6.45) is 2.31. The molecule has 0 radical (unpaired) electrons. The Kier molecular flexibility index (Phi) is 4.86. The van der Waals surface area contributed by atoms with E-state index in [4.69, 9.17) is 4.74 Å². The molecule has 1 fully saturated rings. The summed E-state index contributed by atoms with van der Waals surface area (Å²) in [4.78, 5) is 26.9. The molecule has 0 saturated carbocycles. The first kappa shape index (κ1) is 18.9. The van der Waals surface area contributed by atoms with Crippen LogP contribution in [0, 0.1) is 0 Å². The number of hydrogen-bond donors (Lipinski definition) is 1. The maximum atomic E-state index is 13.2. The Bertz CT molecular complexity index is 934. The van der Waals surface area contributed by atoms with Crippen LogP contribution in [-0.2, 0) is 24.8 Å². The first-order valence-corrected chi connectivity index (χ1v) is 10.1. The van der Waals surface area contributed by atoms with E-state index in [1.165, 1.54) is 0 Å². The average Bonchev–Trinajstić information content (AvgIpc) is 3.21. The number of ether oxygens (including phenoxy) is 1. The van der Waals surface area contributed by atoms with Gasteiger partial charge in [0.2, 0.25) is 0 Å². The molecule has 28 heavy (non-hydrogen) atoms. The van der Waals surface area contributed by atoms with E-state index in [0.717, 1.165) is 29.9 Å². The zero-order valence-corrected chi connectivity index (χ0v) is 16.9. The standard InChI is InChI=1S/C19H28N6O3/c1-5-25-17(20-21-19(25)27)13-6-8-24(9-7-13)18(26)15-14-10-11(2)28-12(3)16(14)23(4)22-15/h11-13H,5-10H2,1-4H3,(H,21,27)/t11-,12+/m0/s1. The van der Waals surface area contributed by atoms with Gasteiger partial charge in [-0.05, 0) is 33.6 Å². The van der Waals surface area contributed by atoms with E-state index < -0.39 is 0 Å². The van der Waals surface area contributed by atoms with Crippen molar-refractivity contribution in [1.29, 1.82) is 0 Å². The highest BCUT2D eigenvalue weighted by atomic mass is 16.5. The number of carbonyl (C=O) groups is 1. The number of nitrogens with one attached hydrogen (secondary N) is 1. The first-order valence-electron chi connectivity index (χ1n) is 10.1. The van der Waals surface area contributed by atoms with Crippen LogP contribution in [0.4, 0.5) is 0 Å². The summed E-state index contributed by atoms with van der Waals surface area (Å²) in [5, 5.41) is 11.3. The summed E-state index contributed by atoms with van der Waals surface area (Å²) in [6, 6.07) is 0. The van der Waals surface area contributed by atoms with E-state index in [2.05, 4.69) is 15.3 Å². The van der Waals surface area contributed by atoms with Gasteiger partial charge in [-0.3, -0.25) is 14.0 Å². The molecule has 152 valence electrons. The number of amides is 1. The van der Waals surface area contributed by atoms with E-state index in [0.29, 0.717) is 31.7 Å². The molecule has 0 aromatic carbocycles. The van der Waals surface area contributed by atoms with Gasteiger partial charge in [0.25, 0.3) is 5.91 Å². The highest BCUT2D eigenvalue weighted by Crippen LogP contribution is 2.33. The average molecular weight is 388 g/mol. The predicted octanol–water partition coefficient (Wildman–Crippen LogP) is 1.37. The Hall–Kier alpha value is -2.42. The van der Waals surface area contributed by atoms with Crippen LogP contribution in [0.3, 0.4) is 0 Å². The number of likely N-dealkylation sites (tertiary alicyclic amines) is 1. The monoisotopic (exact) mass is 388 g/mol. The van der Waals surface area contributed by atoms with Gasteiger partial charge in [0.05, 0.1) is 17.9 Å². The van der Waals surface area contributed by atoms with Gasteiger partial charge < -0.3 is 9.64 Å². The van der Waals surface area contributed by atoms with E-state index in [9.17, 15) is 9.59 Å². The van der Waals surface area contributed by atoms with Crippen molar-refractivity contribution in [2.75, 3.05) is 13.1 Å². The minimum absolute atomic E-state index is 0.00786. The molecule has 4 heterocycles. The molecule has 1 amide bonds. The quantitative estimate of drug-likeness (QED) is 0.856. The lowest BCUT2D eigenvalue weighted by molar-refractivity contribution is -0.00907. The van der Waals surface area contributed by atoms with Crippen molar-refractivity contribution in [3.8, 4) is 0 Å². The molecule has 2 aliphatic heterocycles. The second-order valence-electron chi connectivity index (χ2n) is 7.83. The second kappa shape index (κ2) is 7.20. The number of fused-ring (bicyclic) bond motifs is 1. The van der Waals surface area contributed by atoms with Gasteiger partial charge in [-0.15, -0.1) is 0 Å². The van der Waals surface area contributed by atoms with Gasteiger partial charge >= 0.3 is 5.69 Å². The minimum atomic E-state index is -0.165. The largest absolute Gasteiger partial charge is 0.369 e. The van der Waals surface area contributed by atoms with Gasteiger partial charge in [0.15, 0.2) is 5.69 Å². The molecule has 1 N–H and O–H groups in total. The molecule has 9 nitrogen and oxygen atoms in total. The smallest absolute Gasteiger partial charge is 0.343 e. The summed E-state index contributed by atoms with van der Waals surface area (Å²) >= 11 is 0. The van der Waals surface area contributed by atoms with Gasteiger partial charge in [-0.2, -0.15) is 10.2 Å². The molecule has 0 aliphatic carbocycles. The van der Waals surface area contributed by atoms with E-state index in [1.807, 2.05) is 32.7 Å². The van der Waals surface area contributed by atoms with Crippen LogP contribution in [0.25, 0.3) is 0 Å². The van der Waals surface area contributed by atoms with Crippen molar-refractivity contribution in [2.24, 2.45) is 7.05 Å². The summed E-state index contributed by atoms with van der Waals surface area (Å²) in [6.45, 7) is 7.86. The maximum Gasteiger partial charge on any atom is 0.343 e. The third-order valence-corrected chi connectivity index (χ3v) is 5.96. The topological polar surface area (TPSA) is 98.0 Å². The maximum absolute atomic E-state index is 13.2. The number of H-pyrrole nitrogens is 1. The lowest BCUT2D eigenvalue weighted by Crippen LogP contribution is -2.39. The van der Waals surface area contributed by atoms with Gasteiger partial charge in [-0.1, -0.05) is 0 Å². The molecule has 1 saturated heterocycles. The van der Waals surface area contributed by atoms with Crippen molar-refractivity contribution in [1.82, 2.24) is 29.4 Å². The summed E-state index contributed by atoms with van der Waals surface area (Å²) in [5.41, 5.74) is 2.41. The summed E-state index contributed by atoms with van der Waals surface area (Å²) < 4.78 is 9.36. The Balaban J connectivity index is 1.51. The third kappa shape index (κ3) is 3.07. The fourth-order valence-electron chi connectivity index (χ4n) is 4.65. The fraction of sp³-hybridized carbons (Fsp3) is 0.684. The normalized spacial score (nSPS) is 23.1. The number of hydrogen-bond acceptors (Lipinski definition) is 5. The summed E-state index contributed by atoms with van der Waals surface area (Å²) in [7, 11) is 1.87. The van der Waals surface area contributed by atoms with Crippen molar-refractivity contribution in [3.63, 3.8) is 0 Å². The van der Waals surface area contributed by atoms with Crippen LogP contribution >= 0.6 is 0 Å². The van der Waals surface area contributed by atoms with Crippen molar-refractivity contribution >= 4 is 5.91 Å². The van der Waals surface area contributed by atoms with Gasteiger partial charge in [-0.25, -0.2) is 9.89 Å². The SMILES string of the molecule is CCn1c(C2CCN(C(=O)c3nn(C)c4c3C[C@H](C)O[C@@H]4C)CC2)n[nH]c1=O. The number of rotatable bonds is 3. The van der Waals surface area contributed by atoms with Crippen molar-refractivity contribution < 1.29 is 9.53 Å². The van der Waals surface area contributed by atoms with Crippen LogP contribution in [0.1, 0.15) is 73.2 Å². The third-order valence-electron chi connectivity index (χ3n) is 5.96. The molecule has 2 aromatic heterocycles. The zero-order chi connectivity index (χ0) is 20.0. The number of nitrogens with zero attached hydrogens (tertiary/aromatic N) is 5. The molecule has 4 rings (SSSR count). The molecule has 0 bridgehead atoms. The molecule has 2 aliphatic rings. The Morgan fingerprint density at radius 1 is 1.29 bits per heavy atom. The van der Waals surface area contributed by atoms with E-state index >= 15 is 0 Å². The van der Waals surface area contributed by atoms with Crippen LogP contribution in [-0.4, -0.2) is 54.5 Å². The van der Waals surface area contributed by atoms with E-state index in [1.54, 1.807) is 9.25 Å².